The highest BCUT2D eigenvalue weighted by Gasteiger charge is 2.31. The Morgan fingerprint density at radius 3 is 2.40 bits per heavy atom. The van der Waals surface area contributed by atoms with Crippen molar-refractivity contribution < 1.29 is 31.9 Å². The average Bonchev–Trinajstić information content (AvgIpc) is 2.92. The van der Waals surface area contributed by atoms with Gasteiger partial charge in [0.2, 0.25) is 15.5 Å². The smallest absolute Gasteiger partial charge is 0.323 e. The number of nitrogens with one attached hydrogen (secondary N) is 3. The lowest BCUT2D eigenvalue weighted by atomic mass is 10.1. The number of carbonyl (C=O) groups excluding carboxylic acids is 1. The van der Waals surface area contributed by atoms with Crippen LogP contribution in [0.1, 0.15) is 32.6 Å². The number of amides is 1. The van der Waals surface area contributed by atoms with Crippen LogP contribution in [-0.4, -0.2) is 59.9 Å². The van der Waals surface area contributed by atoms with Crippen LogP contribution in [0.15, 0.2) is 58.5 Å². The topological polar surface area (TPSA) is 162 Å². The first-order valence-electron chi connectivity index (χ1n) is 13.0. The lowest BCUT2D eigenvalue weighted by molar-refractivity contribution is -0.139. The Morgan fingerprint density at radius 1 is 1.12 bits per heavy atom. The molecule has 0 bridgehead atoms. The number of aromatic nitrogens is 2. The van der Waals surface area contributed by atoms with E-state index in [1.165, 1.54) is 13.2 Å². The van der Waals surface area contributed by atoms with E-state index in [4.69, 9.17) is 0 Å². The van der Waals surface area contributed by atoms with Gasteiger partial charge in [-0.1, -0.05) is 23.8 Å². The number of carboxylic acids is 1. The standard InChI is InChI=1S/C29H29F2N5O6S/c1-15-9-16(2)27(17(3)10-15)43(41,42)35-22(29(39)40)14-36(4)28(38)20-13-34-25-18(26(20)37)11-21(30)19(24(25)31)12-33-23-7-5-6-8-32-23/h5-11,13,22,35H,12,14H2,1-4H3,(H,32,33)(H,34,37)(H,39,40). The molecule has 0 aliphatic rings. The molecule has 14 heteroatoms. The maximum Gasteiger partial charge on any atom is 0.323 e. The van der Waals surface area contributed by atoms with Crippen molar-refractivity contribution in [1.82, 2.24) is 19.6 Å². The van der Waals surface area contributed by atoms with Crippen LogP contribution in [0.4, 0.5) is 14.6 Å². The van der Waals surface area contributed by atoms with Gasteiger partial charge in [-0.15, -0.1) is 0 Å². The van der Waals surface area contributed by atoms with Gasteiger partial charge in [0.1, 0.15) is 23.2 Å². The monoisotopic (exact) mass is 613 g/mol. The Labute approximate surface area is 245 Å². The molecule has 0 aliphatic carbocycles. The van der Waals surface area contributed by atoms with Gasteiger partial charge in [0.25, 0.3) is 5.91 Å². The first-order chi connectivity index (χ1) is 20.2. The maximum absolute atomic E-state index is 15.2. The predicted octanol–water partition coefficient (Wildman–Crippen LogP) is 3.24. The molecule has 2 aromatic heterocycles. The minimum absolute atomic E-state index is 0.0806. The molecule has 43 heavy (non-hydrogen) atoms. The summed E-state index contributed by atoms with van der Waals surface area (Å²) in [6, 6.07) is 7.30. The largest absolute Gasteiger partial charge is 0.480 e. The van der Waals surface area contributed by atoms with E-state index in [0.717, 1.165) is 22.7 Å². The summed E-state index contributed by atoms with van der Waals surface area (Å²) in [4.78, 5) is 45.6. The minimum Gasteiger partial charge on any atom is -0.480 e. The Hall–Kier alpha value is -4.69. The molecule has 226 valence electrons. The minimum atomic E-state index is -4.32. The van der Waals surface area contributed by atoms with Gasteiger partial charge < -0.3 is 20.3 Å². The number of anilines is 1. The molecule has 4 rings (SSSR count). The van der Waals surface area contributed by atoms with Crippen LogP contribution in [0.2, 0.25) is 0 Å². The zero-order chi connectivity index (χ0) is 31.6. The number of fused-ring (bicyclic) bond motifs is 1. The van der Waals surface area contributed by atoms with Gasteiger partial charge in [-0.2, -0.15) is 4.72 Å². The van der Waals surface area contributed by atoms with E-state index in [-0.39, 0.29) is 22.5 Å². The van der Waals surface area contributed by atoms with Gasteiger partial charge in [-0.05, 0) is 50.1 Å². The molecule has 0 radical (unpaired) electrons. The number of sulfonamides is 1. The van der Waals surface area contributed by atoms with E-state index in [0.29, 0.717) is 16.9 Å². The van der Waals surface area contributed by atoms with Crippen molar-refractivity contribution >= 4 is 38.6 Å². The van der Waals surface area contributed by atoms with Crippen LogP contribution < -0.4 is 15.5 Å². The highest BCUT2D eigenvalue weighted by atomic mass is 32.2. The molecule has 4 aromatic rings. The van der Waals surface area contributed by atoms with Crippen molar-refractivity contribution in [3.05, 3.63) is 98.5 Å². The molecule has 1 atom stereocenters. The van der Waals surface area contributed by atoms with Gasteiger partial charge in [0.15, 0.2) is 5.82 Å². The molecule has 2 heterocycles. The molecule has 11 nitrogen and oxygen atoms in total. The number of hydrogen-bond donors (Lipinski definition) is 4. The third-order valence-electron chi connectivity index (χ3n) is 6.78. The van der Waals surface area contributed by atoms with Crippen molar-refractivity contribution in [3.8, 4) is 0 Å². The van der Waals surface area contributed by atoms with Crippen molar-refractivity contribution in [3.63, 3.8) is 0 Å². The Bertz CT molecular complexity index is 1870. The van der Waals surface area contributed by atoms with Crippen LogP contribution in [0.3, 0.4) is 0 Å². The Kier molecular flexibility index (Phi) is 8.92. The van der Waals surface area contributed by atoms with Crippen molar-refractivity contribution in [1.29, 1.82) is 0 Å². The first kappa shape index (κ1) is 31.3. The average molecular weight is 614 g/mol. The van der Waals surface area contributed by atoms with Gasteiger partial charge in [-0.25, -0.2) is 22.2 Å². The van der Waals surface area contributed by atoms with Crippen LogP contribution in [-0.2, 0) is 21.4 Å². The zero-order valence-corrected chi connectivity index (χ0v) is 24.5. The first-order valence-corrected chi connectivity index (χ1v) is 14.4. The number of aliphatic carboxylic acids is 1. The maximum atomic E-state index is 15.2. The van der Waals surface area contributed by atoms with E-state index in [1.807, 2.05) is 0 Å². The van der Waals surface area contributed by atoms with E-state index in [9.17, 15) is 32.3 Å². The summed E-state index contributed by atoms with van der Waals surface area (Å²) in [6.07, 6.45) is 2.45. The third kappa shape index (κ3) is 6.54. The van der Waals surface area contributed by atoms with Crippen molar-refractivity contribution in [2.75, 3.05) is 18.9 Å². The van der Waals surface area contributed by atoms with Crippen LogP contribution in [0, 0.1) is 32.4 Å². The molecule has 0 spiro atoms. The molecule has 0 saturated carbocycles. The summed E-state index contributed by atoms with van der Waals surface area (Å²) in [5.74, 6) is -4.24. The number of H-pyrrole nitrogens is 1. The summed E-state index contributed by atoms with van der Waals surface area (Å²) in [5, 5.41) is 12.1. The summed E-state index contributed by atoms with van der Waals surface area (Å²) in [7, 11) is -3.15. The summed E-state index contributed by atoms with van der Waals surface area (Å²) in [6.45, 7) is 4.02. The SMILES string of the molecule is Cc1cc(C)c(S(=O)(=O)NC(CN(C)C(=O)c2c[nH]c3c(F)c(CNc4ccccn4)c(F)cc3c2=O)C(=O)O)c(C)c1. The number of pyridine rings is 2. The number of carbonyl (C=O) groups is 2. The number of nitrogens with zero attached hydrogens (tertiary/aromatic N) is 2. The number of aromatic amines is 1. The second-order valence-electron chi connectivity index (χ2n) is 10.1. The number of carboxylic acid groups (broad SMARTS) is 1. The number of rotatable bonds is 10. The van der Waals surface area contributed by atoms with Gasteiger partial charge in [0, 0.05) is 38.1 Å². The molecule has 1 unspecified atom stereocenters. The van der Waals surface area contributed by atoms with Gasteiger partial charge >= 0.3 is 5.97 Å². The van der Waals surface area contributed by atoms with Crippen molar-refractivity contribution in [2.24, 2.45) is 0 Å². The van der Waals surface area contributed by atoms with Crippen LogP contribution >= 0.6 is 0 Å². The number of likely N-dealkylation sites (N-methyl/N-ethyl adjacent to an activating group) is 1. The summed E-state index contributed by atoms with van der Waals surface area (Å²) >= 11 is 0. The predicted molar refractivity (Wildman–Crippen MR) is 155 cm³/mol. The molecule has 0 saturated heterocycles. The number of halogens is 2. The highest BCUT2D eigenvalue weighted by Crippen LogP contribution is 2.23. The van der Waals surface area contributed by atoms with Crippen LogP contribution in [0.5, 0.6) is 0 Å². The van der Waals surface area contributed by atoms with Gasteiger partial charge in [-0.3, -0.25) is 14.4 Å². The molecule has 1 amide bonds. The fourth-order valence-corrected chi connectivity index (χ4v) is 6.50. The number of benzene rings is 2. The van der Waals surface area contributed by atoms with E-state index in [1.54, 1.807) is 51.1 Å². The second-order valence-corrected chi connectivity index (χ2v) is 11.7. The van der Waals surface area contributed by atoms with E-state index in [2.05, 4.69) is 20.0 Å². The van der Waals surface area contributed by atoms with E-state index < -0.39 is 62.5 Å². The molecule has 0 aliphatic heterocycles. The van der Waals surface area contributed by atoms with Gasteiger partial charge in [0.05, 0.1) is 15.8 Å². The molecule has 4 N–H and O–H groups in total. The quantitative estimate of drug-likeness (QED) is 0.212. The molecule has 2 aromatic carbocycles. The normalized spacial score (nSPS) is 12.2. The fraction of sp³-hybridized carbons (Fsp3) is 0.241. The lowest BCUT2D eigenvalue weighted by Crippen LogP contribution is -2.49. The third-order valence-corrected chi connectivity index (χ3v) is 8.55. The zero-order valence-electron chi connectivity index (χ0n) is 23.7. The molecular formula is C29H29F2N5O6S. The van der Waals surface area contributed by atoms with Crippen LogP contribution in [0.25, 0.3) is 10.9 Å². The molecular weight excluding hydrogens is 584 g/mol. The molecule has 0 fully saturated rings. The second kappa shape index (κ2) is 12.3. The summed E-state index contributed by atoms with van der Waals surface area (Å²) < 4.78 is 58.5. The summed E-state index contributed by atoms with van der Waals surface area (Å²) in [5.41, 5.74) is -0.556. The Balaban J connectivity index is 1.58. The Morgan fingerprint density at radius 2 is 1.79 bits per heavy atom. The fourth-order valence-electron chi connectivity index (χ4n) is 4.87. The van der Waals surface area contributed by atoms with E-state index >= 15 is 4.39 Å². The number of hydrogen-bond acceptors (Lipinski definition) is 7. The highest BCUT2D eigenvalue weighted by molar-refractivity contribution is 7.89. The van der Waals surface area contributed by atoms with Crippen molar-refractivity contribution in [2.45, 2.75) is 38.3 Å². The lowest BCUT2D eigenvalue weighted by Gasteiger charge is -2.23. The number of aryl methyl sites for hydroxylation is 3.